The zero-order valence-electron chi connectivity index (χ0n) is 20.1. The van der Waals surface area contributed by atoms with Gasteiger partial charge in [0.05, 0.1) is 18.8 Å². The van der Waals surface area contributed by atoms with Crippen LogP contribution in [-0.2, 0) is 24.0 Å². The Hall–Kier alpha value is -1.51. The van der Waals surface area contributed by atoms with Crippen LogP contribution in [0.4, 0.5) is 0 Å². The second-order valence-corrected chi connectivity index (χ2v) is 10.4. The van der Waals surface area contributed by atoms with E-state index in [1.807, 2.05) is 25.1 Å². The molecule has 0 N–H and O–H groups in total. The zero-order valence-corrected chi connectivity index (χ0v) is 20.1. The number of hydrogen-bond donors (Lipinski definition) is 0. The van der Waals surface area contributed by atoms with Crippen LogP contribution < -0.4 is 4.74 Å². The van der Waals surface area contributed by atoms with Crippen LogP contribution in [0.5, 0.6) is 5.75 Å². The summed E-state index contributed by atoms with van der Waals surface area (Å²) < 4.78 is 24.9. The monoisotopic (exact) mass is 460 g/mol. The van der Waals surface area contributed by atoms with Crippen molar-refractivity contribution in [3.8, 4) is 5.75 Å². The Morgan fingerprint density at radius 2 is 1.91 bits per heavy atom. The fourth-order valence-electron chi connectivity index (χ4n) is 6.39. The van der Waals surface area contributed by atoms with Gasteiger partial charge in [0.25, 0.3) is 0 Å². The lowest BCUT2D eigenvalue weighted by Gasteiger charge is -2.60. The molecule has 8 atom stereocenters. The fourth-order valence-corrected chi connectivity index (χ4v) is 6.39. The Balaban J connectivity index is 1.22. The SMILES string of the molecule is CC(=O)c1ccccc1OCCCO[C@H]1O[C@@H]2O[C@@]3(C)CCC4[C@H](C)CC[C@@H]([C@H]1C)[C@]42OO3. The van der Waals surface area contributed by atoms with Gasteiger partial charge >= 0.3 is 0 Å². The second-order valence-electron chi connectivity index (χ2n) is 10.4. The number of carbonyl (C=O) groups is 1. The topological polar surface area (TPSA) is 72.5 Å². The number of fused-ring (bicyclic) bond motifs is 2. The highest BCUT2D eigenvalue weighted by Gasteiger charge is 2.69. The van der Waals surface area contributed by atoms with Gasteiger partial charge in [-0.1, -0.05) is 26.0 Å². The van der Waals surface area contributed by atoms with Crippen molar-refractivity contribution in [3.63, 3.8) is 0 Å². The van der Waals surface area contributed by atoms with Gasteiger partial charge in [-0.05, 0) is 57.1 Å². The van der Waals surface area contributed by atoms with Crippen LogP contribution in [0.2, 0.25) is 0 Å². The standard InChI is InChI=1S/C26H36O7/c1-16-10-11-21-17(2)23(29-15-7-14-28-22-9-6-5-8-19(22)18(3)27)30-24-26(21)20(16)12-13-25(4,31-24)32-33-26/h5-6,8-9,16-17,20-21,23-24H,7,10-15H2,1-4H3/t16-,17-,20?,21+,23+,24-,25-,26-/m1/s1. The molecule has 0 aromatic heterocycles. The minimum Gasteiger partial charge on any atom is -0.493 e. The lowest BCUT2D eigenvalue weighted by molar-refractivity contribution is -0.577. The summed E-state index contributed by atoms with van der Waals surface area (Å²) in [6.45, 7) is 8.95. The van der Waals surface area contributed by atoms with Crippen LogP contribution in [0.15, 0.2) is 24.3 Å². The first-order chi connectivity index (χ1) is 15.8. The Morgan fingerprint density at radius 3 is 2.73 bits per heavy atom. The second kappa shape index (κ2) is 8.93. The summed E-state index contributed by atoms with van der Waals surface area (Å²) in [4.78, 5) is 23.8. The minimum atomic E-state index is -0.777. The molecule has 1 spiro atoms. The van der Waals surface area contributed by atoms with Gasteiger partial charge in [0.15, 0.2) is 24.0 Å². The largest absolute Gasteiger partial charge is 0.493 e. The average Bonchev–Trinajstić information content (AvgIpc) is 3.03. The number of ketones is 1. The lowest BCUT2D eigenvalue weighted by Crippen LogP contribution is -2.70. The molecule has 33 heavy (non-hydrogen) atoms. The van der Waals surface area contributed by atoms with Crippen molar-refractivity contribution in [3.05, 3.63) is 29.8 Å². The molecule has 4 saturated heterocycles. The van der Waals surface area contributed by atoms with Crippen molar-refractivity contribution in [2.45, 2.75) is 83.8 Å². The molecule has 7 heteroatoms. The number of benzene rings is 1. The smallest absolute Gasteiger partial charge is 0.201 e. The maximum atomic E-state index is 11.8. The summed E-state index contributed by atoms with van der Waals surface area (Å²) in [6.07, 6.45) is 3.88. The number of carbonyl (C=O) groups excluding carboxylic acids is 1. The molecule has 7 nitrogen and oxygen atoms in total. The molecule has 1 aliphatic carbocycles. The van der Waals surface area contributed by atoms with Crippen LogP contribution in [0.1, 0.15) is 70.2 Å². The molecule has 4 aliphatic heterocycles. The van der Waals surface area contributed by atoms with E-state index < -0.39 is 17.7 Å². The molecule has 1 unspecified atom stereocenters. The molecule has 0 amide bonds. The Labute approximate surface area is 195 Å². The van der Waals surface area contributed by atoms with Crippen LogP contribution in [-0.4, -0.2) is 43.0 Å². The minimum absolute atomic E-state index is 0.00194. The summed E-state index contributed by atoms with van der Waals surface area (Å²) in [7, 11) is 0. The van der Waals surface area contributed by atoms with E-state index in [2.05, 4.69) is 13.8 Å². The molecule has 182 valence electrons. The summed E-state index contributed by atoms with van der Waals surface area (Å²) in [5.41, 5.74) is 0.0391. The molecular formula is C26H36O7. The molecule has 1 aromatic rings. The number of rotatable bonds is 7. The summed E-state index contributed by atoms with van der Waals surface area (Å²) in [5, 5.41) is 0. The highest BCUT2D eigenvalue weighted by molar-refractivity contribution is 5.96. The number of hydrogen-bond acceptors (Lipinski definition) is 7. The van der Waals surface area contributed by atoms with Gasteiger partial charge in [-0.15, -0.1) is 0 Å². The van der Waals surface area contributed by atoms with E-state index in [9.17, 15) is 4.79 Å². The molecule has 6 rings (SSSR count). The van der Waals surface area contributed by atoms with Crippen LogP contribution in [0, 0.1) is 23.7 Å². The lowest BCUT2D eigenvalue weighted by atomic mass is 9.58. The molecular weight excluding hydrogens is 424 g/mol. The van der Waals surface area contributed by atoms with Crippen molar-refractivity contribution in [1.29, 1.82) is 0 Å². The summed E-state index contributed by atoms with van der Waals surface area (Å²) in [5.74, 6) is 1.14. The Morgan fingerprint density at radius 1 is 1.09 bits per heavy atom. The van der Waals surface area contributed by atoms with Crippen molar-refractivity contribution in [1.82, 2.24) is 0 Å². The highest BCUT2D eigenvalue weighted by Crippen LogP contribution is 2.60. The van der Waals surface area contributed by atoms with Gasteiger partial charge in [0, 0.05) is 24.7 Å². The number of para-hydroxylation sites is 1. The first-order valence-corrected chi connectivity index (χ1v) is 12.4. The molecule has 1 saturated carbocycles. The van der Waals surface area contributed by atoms with Gasteiger partial charge in [-0.3, -0.25) is 4.79 Å². The fraction of sp³-hybridized carbons (Fsp3) is 0.731. The molecule has 2 bridgehead atoms. The molecule has 0 radical (unpaired) electrons. The molecule has 4 heterocycles. The van der Waals surface area contributed by atoms with Crippen molar-refractivity contribution < 1.29 is 33.5 Å². The van der Waals surface area contributed by atoms with E-state index in [4.69, 9.17) is 28.7 Å². The van der Waals surface area contributed by atoms with Crippen molar-refractivity contribution in [2.24, 2.45) is 23.7 Å². The van der Waals surface area contributed by atoms with Gasteiger partial charge in [0.1, 0.15) is 5.75 Å². The maximum absolute atomic E-state index is 11.8. The van der Waals surface area contributed by atoms with Crippen LogP contribution in [0.3, 0.4) is 0 Å². The van der Waals surface area contributed by atoms with E-state index in [1.165, 1.54) is 6.42 Å². The summed E-state index contributed by atoms with van der Waals surface area (Å²) >= 11 is 0. The molecule has 5 fully saturated rings. The third-order valence-corrected chi connectivity index (χ3v) is 8.19. The first-order valence-electron chi connectivity index (χ1n) is 12.4. The van der Waals surface area contributed by atoms with E-state index in [1.54, 1.807) is 13.0 Å². The quantitative estimate of drug-likeness (QED) is 0.326. The average molecular weight is 461 g/mol. The van der Waals surface area contributed by atoms with Gasteiger partial charge in [0.2, 0.25) is 5.79 Å². The Kier molecular flexibility index (Phi) is 6.29. The predicted molar refractivity (Wildman–Crippen MR) is 119 cm³/mol. The van der Waals surface area contributed by atoms with E-state index in [0.717, 1.165) is 19.3 Å². The Bertz CT molecular complexity index is 874. The number of Topliss-reactive ketones (excluding diaryl/α,β-unsaturated/α-hetero) is 1. The number of ether oxygens (including phenoxy) is 4. The third kappa shape index (κ3) is 4.02. The summed E-state index contributed by atoms with van der Waals surface area (Å²) in [6, 6.07) is 7.32. The first kappa shape index (κ1) is 23.2. The van der Waals surface area contributed by atoms with E-state index in [0.29, 0.717) is 42.8 Å². The predicted octanol–water partition coefficient (Wildman–Crippen LogP) is 4.88. The van der Waals surface area contributed by atoms with Gasteiger partial charge in [-0.2, -0.15) is 0 Å². The van der Waals surface area contributed by atoms with E-state index in [-0.39, 0.29) is 23.9 Å². The normalized spacial score (nSPS) is 41.8. The van der Waals surface area contributed by atoms with Crippen LogP contribution >= 0.6 is 0 Å². The van der Waals surface area contributed by atoms with Crippen LogP contribution in [0.25, 0.3) is 0 Å². The molecule has 5 aliphatic rings. The van der Waals surface area contributed by atoms with Crippen molar-refractivity contribution >= 4 is 5.78 Å². The molecule has 1 aromatic carbocycles. The van der Waals surface area contributed by atoms with Gasteiger partial charge in [-0.25, -0.2) is 9.78 Å². The van der Waals surface area contributed by atoms with Gasteiger partial charge < -0.3 is 18.9 Å². The third-order valence-electron chi connectivity index (χ3n) is 8.19. The zero-order chi connectivity index (χ0) is 23.2. The van der Waals surface area contributed by atoms with E-state index >= 15 is 0 Å². The highest BCUT2D eigenvalue weighted by atomic mass is 17.3. The van der Waals surface area contributed by atoms with Crippen molar-refractivity contribution in [2.75, 3.05) is 13.2 Å². The maximum Gasteiger partial charge on any atom is 0.201 e.